The smallest absolute Gasteiger partial charge is 0.259 e. The summed E-state index contributed by atoms with van der Waals surface area (Å²) in [5, 5.41) is 3.36. The number of carbonyl (C=O) groups excluding carboxylic acids is 1. The fourth-order valence-electron chi connectivity index (χ4n) is 3.23. The minimum absolute atomic E-state index is 0. The average Bonchev–Trinajstić information content (AvgIpc) is 2.93. The maximum atomic E-state index is 12.7. The van der Waals surface area contributed by atoms with E-state index in [2.05, 4.69) is 28.4 Å². The second-order valence-corrected chi connectivity index (χ2v) is 5.81. The maximum absolute atomic E-state index is 12.7. The number of nitrogens with zero attached hydrogens (tertiary/aromatic N) is 2. The Hall–Kier alpha value is -2.04. The molecule has 1 N–H and O–H groups in total. The summed E-state index contributed by atoms with van der Waals surface area (Å²) in [5.74, 6) is 0.109. The lowest BCUT2D eigenvalue weighted by molar-refractivity contribution is 0.0996. The van der Waals surface area contributed by atoms with Gasteiger partial charge in [-0.15, -0.1) is 12.4 Å². The highest BCUT2D eigenvalue weighted by Gasteiger charge is 2.29. The number of piperazine rings is 1. The van der Waals surface area contributed by atoms with Crippen LogP contribution in [0.4, 0.5) is 11.4 Å². The van der Waals surface area contributed by atoms with Crippen molar-refractivity contribution in [1.82, 2.24) is 5.32 Å². The Balaban J connectivity index is 0.00000156. The summed E-state index contributed by atoms with van der Waals surface area (Å²) < 4.78 is 0. The van der Waals surface area contributed by atoms with Crippen LogP contribution >= 0.6 is 12.4 Å². The van der Waals surface area contributed by atoms with Crippen molar-refractivity contribution in [3.8, 4) is 0 Å². The van der Waals surface area contributed by atoms with E-state index in [1.165, 1.54) is 0 Å². The van der Waals surface area contributed by atoms with Crippen molar-refractivity contribution in [3.05, 3.63) is 59.7 Å². The molecule has 1 amide bonds. The molecule has 2 aliphatic heterocycles. The molecule has 2 aromatic rings. The molecule has 4 rings (SSSR count). The molecule has 0 unspecified atom stereocenters. The molecule has 0 aliphatic carbocycles. The molecule has 0 spiro atoms. The van der Waals surface area contributed by atoms with Gasteiger partial charge in [0, 0.05) is 43.1 Å². The van der Waals surface area contributed by atoms with Crippen LogP contribution in [0.3, 0.4) is 0 Å². The van der Waals surface area contributed by atoms with Crippen molar-refractivity contribution in [3.63, 3.8) is 0 Å². The molecule has 5 heteroatoms. The summed E-state index contributed by atoms with van der Waals surface area (Å²) in [6.07, 6.45) is 0. The molecule has 2 heterocycles. The van der Waals surface area contributed by atoms with Crippen molar-refractivity contribution >= 4 is 29.7 Å². The van der Waals surface area contributed by atoms with Crippen LogP contribution < -0.4 is 15.1 Å². The number of amides is 1. The van der Waals surface area contributed by atoms with Gasteiger partial charge >= 0.3 is 0 Å². The lowest BCUT2D eigenvalue weighted by atomic mass is 10.1. The highest BCUT2D eigenvalue weighted by Crippen LogP contribution is 2.31. The first kappa shape index (κ1) is 15.8. The Labute approximate surface area is 142 Å². The van der Waals surface area contributed by atoms with Crippen molar-refractivity contribution < 1.29 is 4.79 Å². The molecule has 120 valence electrons. The average molecular weight is 330 g/mol. The summed E-state index contributed by atoms with van der Waals surface area (Å²) in [6, 6.07) is 16.2. The molecule has 0 aromatic heterocycles. The Bertz CT molecular complexity index is 699. The monoisotopic (exact) mass is 329 g/mol. The van der Waals surface area contributed by atoms with Crippen LogP contribution in [0.5, 0.6) is 0 Å². The zero-order chi connectivity index (χ0) is 14.9. The van der Waals surface area contributed by atoms with Crippen molar-refractivity contribution in [2.24, 2.45) is 0 Å². The molecule has 0 saturated carbocycles. The Kier molecular flexibility index (Phi) is 4.55. The van der Waals surface area contributed by atoms with Gasteiger partial charge in [-0.25, -0.2) is 0 Å². The van der Waals surface area contributed by atoms with Gasteiger partial charge in [-0.3, -0.25) is 4.79 Å². The van der Waals surface area contributed by atoms with Gasteiger partial charge in [-0.1, -0.05) is 24.3 Å². The predicted molar refractivity (Wildman–Crippen MR) is 95.7 cm³/mol. The highest BCUT2D eigenvalue weighted by molar-refractivity contribution is 6.10. The van der Waals surface area contributed by atoms with Gasteiger partial charge in [-0.05, 0) is 29.8 Å². The third kappa shape index (κ3) is 2.92. The molecule has 4 nitrogen and oxygen atoms in total. The molecular weight excluding hydrogens is 310 g/mol. The number of para-hydroxylation sites is 1. The van der Waals surface area contributed by atoms with E-state index in [1.807, 2.05) is 35.2 Å². The number of rotatable bonds is 2. The minimum atomic E-state index is 0. The lowest BCUT2D eigenvalue weighted by Gasteiger charge is -2.29. The van der Waals surface area contributed by atoms with Gasteiger partial charge in [0.25, 0.3) is 5.91 Å². The van der Waals surface area contributed by atoms with Crippen LogP contribution in [-0.2, 0) is 6.54 Å². The number of hydrogen-bond acceptors (Lipinski definition) is 3. The molecule has 1 saturated heterocycles. The molecule has 23 heavy (non-hydrogen) atoms. The van der Waals surface area contributed by atoms with E-state index in [-0.39, 0.29) is 18.3 Å². The van der Waals surface area contributed by atoms with Crippen molar-refractivity contribution in [1.29, 1.82) is 0 Å². The fourth-order valence-corrected chi connectivity index (χ4v) is 3.23. The van der Waals surface area contributed by atoms with E-state index < -0.39 is 0 Å². The predicted octanol–water partition coefficient (Wildman–Crippen LogP) is 2.68. The number of hydrogen-bond donors (Lipinski definition) is 1. The van der Waals surface area contributed by atoms with E-state index in [0.29, 0.717) is 6.54 Å². The quantitative estimate of drug-likeness (QED) is 0.920. The number of benzene rings is 2. The van der Waals surface area contributed by atoms with Crippen LogP contribution in [0.2, 0.25) is 0 Å². The first-order valence-electron chi connectivity index (χ1n) is 7.78. The van der Waals surface area contributed by atoms with Crippen LogP contribution in [0.1, 0.15) is 15.9 Å². The molecule has 0 radical (unpaired) electrons. The standard InChI is InChI=1S/C18H19N3O.ClH/c22-18-17-12-16(20-10-8-19-9-11-20)7-6-14(17)13-21(18)15-4-2-1-3-5-15;/h1-7,12,19H,8-11,13H2;1H. The SMILES string of the molecule is Cl.O=C1c2cc(N3CCNCC3)ccc2CN1c1ccccc1. The van der Waals surface area contributed by atoms with E-state index in [0.717, 1.165) is 48.7 Å². The molecule has 1 fully saturated rings. The topological polar surface area (TPSA) is 35.6 Å². The van der Waals surface area contributed by atoms with Crippen LogP contribution in [0.25, 0.3) is 0 Å². The Morgan fingerprint density at radius 3 is 2.39 bits per heavy atom. The maximum Gasteiger partial charge on any atom is 0.259 e. The van der Waals surface area contributed by atoms with Crippen LogP contribution in [-0.4, -0.2) is 32.1 Å². The van der Waals surface area contributed by atoms with E-state index in [9.17, 15) is 4.79 Å². The molecule has 0 atom stereocenters. The molecule has 2 aliphatic rings. The Morgan fingerprint density at radius 1 is 0.913 bits per heavy atom. The Morgan fingerprint density at radius 2 is 1.65 bits per heavy atom. The second kappa shape index (κ2) is 6.60. The minimum Gasteiger partial charge on any atom is -0.369 e. The number of fused-ring (bicyclic) bond motifs is 1. The zero-order valence-corrected chi connectivity index (χ0v) is 13.7. The number of halogens is 1. The number of anilines is 2. The summed E-state index contributed by atoms with van der Waals surface area (Å²) in [4.78, 5) is 16.9. The first-order valence-corrected chi connectivity index (χ1v) is 7.78. The summed E-state index contributed by atoms with van der Waals surface area (Å²) >= 11 is 0. The number of carbonyl (C=O) groups is 1. The summed E-state index contributed by atoms with van der Waals surface area (Å²) in [6.45, 7) is 4.66. The second-order valence-electron chi connectivity index (χ2n) is 5.81. The third-order valence-electron chi connectivity index (χ3n) is 4.45. The fraction of sp³-hybridized carbons (Fsp3) is 0.278. The van der Waals surface area contributed by atoms with Gasteiger partial charge in [0.05, 0.1) is 6.54 Å². The van der Waals surface area contributed by atoms with Gasteiger partial charge < -0.3 is 15.1 Å². The molecule has 0 bridgehead atoms. The molecular formula is C18H20ClN3O. The van der Waals surface area contributed by atoms with Gasteiger partial charge in [-0.2, -0.15) is 0 Å². The van der Waals surface area contributed by atoms with Crippen LogP contribution in [0.15, 0.2) is 48.5 Å². The van der Waals surface area contributed by atoms with Crippen molar-refractivity contribution in [2.75, 3.05) is 36.0 Å². The zero-order valence-electron chi connectivity index (χ0n) is 12.9. The van der Waals surface area contributed by atoms with Crippen LogP contribution in [0, 0.1) is 0 Å². The van der Waals surface area contributed by atoms with E-state index in [1.54, 1.807) is 0 Å². The molecule has 2 aromatic carbocycles. The van der Waals surface area contributed by atoms with Gasteiger partial charge in [0.1, 0.15) is 0 Å². The first-order chi connectivity index (χ1) is 10.8. The summed E-state index contributed by atoms with van der Waals surface area (Å²) in [5.41, 5.74) is 4.09. The van der Waals surface area contributed by atoms with E-state index >= 15 is 0 Å². The van der Waals surface area contributed by atoms with E-state index in [4.69, 9.17) is 0 Å². The third-order valence-corrected chi connectivity index (χ3v) is 4.45. The number of nitrogens with one attached hydrogen (secondary N) is 1. The van der Waals surface area contributed by atoms with Gasteiger partial charge in [0.2, 0.25) is 0 Å². The van der Waals surface area contributed by atoms with Crippen molar-refractivity contribution in [2.45, 2.75) is 6.54 Å². The highest BCUT2D eigenvalue weighted by atomic mass is 35.5. The van der Waals surface area contributed by atoms with Gasteiger partial charge in [0.15, 0.2) is 0 Å². The normalized spacial score (nSPS) is 17.0. The summed E-state index contributed by atoms with van der Waals surface area (Å²) in [7, 11) is 0. The largest absolute Gasteiger partial charge is 0.369 e. The lowest BCUT2D eigenvalue weighted by Crippen LogP contribution is -2.43.